The monoisotopic (exact) mass is 442 g/mol. The van der Waals surface area contributed by atoms with E-state index in [1.807, 2.05) is 12.1 Å². The average molecular weight is 443 g/mol. The second-order valence-electron chi connectivity index (χ2n) is 10.0. The van der Waals surface area contributed by atoms with Crippen LogP contribution >= 0.6 is 0 Å². The van der Waals surface area contributed by atoms with Crippen molar-refractivity contribution in [3.63, 3.8) is 0 Å². The lowest BCUT2D eigenvalue weighted by atomic mass is 9.78. The number of aromatic nitrogens is 1. The van der Waals surface area contributed by atoms with E-state index >= 15 is 0 Å². The highest BCUT2D eigenvalue weighted by Crippen LogP contribution is 2.44. The van der Waals surface area contributed by atoms with E-state index in [1.165, 1.54) is 35.8 Å². The van der Waals surface area contributed by atoms with Gasteiger partial charge in [0, 0.05) is 29.8 Å². The van der Waals surface area contributed by atoms with Gasteiger partial charge in [0.25, 0.3) is 0 Å². The molecule has 0 spiro atoms. The molecule has 0 radical (unpaired) electrons. The molecule has 0 bridgehead atoms. The number of nitrogens with zero attached hydrogens (tertiary/aromatic N) is 2. The standard InChI is InChI=1S/C26H39FN2OSi/c1-8-31(9-2,10-3)29-15-21-23(19-11-13-20(27)14-12-19)22(16-30)24(18(4)5)28-25(21)26(6,7)17-29/h11-14,18,30H,8-10,15-17H2,1-7H3. The summed E-state index contributed by atoms with van der Waals surface area (Å²) in [5.41, 5.74) is 6.19. The maximum Gasteiger partial charge on any atom is 0.127 e. The fraction of sp³-hybridized carbons (Fsp3) is 0.577. The molecule has 1 aromatic heterocycles. The fourth-order valence-corrected chi connectivity index (χ4v) is 9.62. The first-order valence-electron chi connectivity index (χ1n) is 11.8. The topological polar surface area (TPSA) is 36.4 Å². The molecule has 2 aromatic rings. The first-order valence-corrected chi connectivity index (χ1v) is 14.4. The van der Waals surface area contributed by atoms with Crippen LogP contribution in [0.2, 0.25) is 18.1 Å². The van der Waals surface area contributed by atoms with E-state index in [9.17, 15) is 9.50 Å². The third-order valence-corrected chi connectivity index (χ3v) is 13.1. The summed E-state index contributed by atoms with van der Waals surface area (Å²) in [6.45, 7) is 17.8. The number of benzene rings is 1. The Morgan fingerprint density at radius 2 is 1.68 bits per heavy atom. The molecule has 0 fully saturated rings. The zero-order chi connectivity index (χ0) is 23.0. The Balaban J connectivity index is 2.33. The Morgan fingerprint density at radius 1 is 1.10 bits per heavy atom. The minimum Gasteiger partial charge on any atom is -0.392 e. The van der Waals surface area contributed by atoms with Gasteiger partial charge in [-0.05, 0) is 52.9 Å². The zero-order valence-corrected chi connectivity index (χ0v) is 21.3. The van der Waals surface area contributed by atoms with Gasteiger partial charge in [-0.1, -0.05) is 60.6 Å². The zero-order valence-electron chi connectivity index (χ0n) is 20.3. The summed E-state index contributed by atoms with van der Waals surface area (Å²) in [6.07, 6.45) is 0. The van der Waals surface area contributed by atoms with Crippen molar-refractivity contribution in [2.75, 3.05) is 6.54 Å². The number of fused-ring (bicyclic) bond motifs is 1. The summed E-state index contributed by atoms with van der Waals surface area (Å²) in [5.74, 6) is -0.0338. The van der Waals surface area contributed by atoms with Crippen LogP contribution in [-0.2, 0) is 18.6 Å². The molecule has 0 aliphatic carbocycles. The molecular weight excluding hydrogens is 403 g/mol. The van der Waals surface area contributed by atoms with E-state index in [0.717, 1.165) is 41.2 Å². The van der Waals surface area contributed by atoms with Crippen molar-refractivity contribution in [3.8, 4) is 11.1 Å². The van der Waals surface area contributed by atoms with Crippen LogP contribution in [-0.4, -0.2) is 29.4 Å². The van der Waals surface area contributed by atoms with Gasteiger partial charge in [-0.25, -0.2) is 4.39 Å². The van der Waals surface area contributed by atoms with Crippen LogP contribution < -0.4 is 0 Å². The van der Waals surface area contributed by atoms with Crippen molar-refractivity contribution in [1.29, 1.82) is 0 Å². The summed E-state index contributed by atoms with van der Waals surface area (Å²) in [5, 5.41) is 10.4. The van der Waals surface area contributed by atoms with Gasteiger partial charge in [0.15, 0.2) is 0 Å². The summed E-state index contributed by atoms with van der Waals surface area (Å²) in [4.78, 5) is 5.19. The molecule has 1 aliphatic rings. The molecule has 3 nitrogen and oxygen atoms in total. The Kier molecular flexibility index (Phi) is 7.09. The molecule has 0 saturated heterocycles. The van der Waals surface area contributed by atoms with Crippen LogP contribution in [0.25, 0.3) is 11.1 Å². The molecule has 0 unspecified atom stereocenters. The molecule has 2 heterocycles. The van der Waals surface area contributed by atoms with Crippen LogP contribution in [0.1, 0.15) is 76.9 Å². The highest BCUT2D eigenvalue weighted by Gasteiger charge is 2.44. The number of aliphatic hydroxyl groups excluding tert-OH is 1. The second-order valence-corrected chi connectivity index (χ2v) is 15.2. The van der Waals surface area contributed by atoms with E-state index in [-0.39, 0.29) is 23.8 Å². The minimum absolute atomic E-state index is 0.0567. The Bertz CT molecular complexity index is 912. The fourth-order valence-electron chi connectivity index (χ4n) is 5.56. The van der Waals surface area contributed by atoms with E-state index in [1.54, 1.807) is 0 Å². The smallest absolute Gasteiger partial charge is 0.127 e. The van der Waals surface area contributed by atoms with Gasteiger partial charge in [-0.2, -0.15) is 0 Å². The molecule has 5 heteroatoms. The normalized spacial score (nSPS) is 16.6. The molecule has 1 aliphatic heterocycles. The highest BCUT2D eigenvalue weighted by molar-refractivity contribution is 6.77. The lowest BCUT2D eigenvalue weighted by Gasteiger charge is -2.49. The molecule has 31 heavy (non-hydrogen) atoms. The van der Waals surface area contributed by atoms with Gasteiger partial charge in [-0.3, -0.25) is 4.98 Å². The molecule has 0 amide bonds. The van der Waals surface area contributed by atoms with Gasteiger partial charge in [0.2, 0.25) is 0 Å². The molecule has 0 saturated carbocycles. The van der Waals surface area contributed by atoms with Crippen LogP contribution in [0.3, 0.4) is 0 Å². The lowest BCUT2D eigenvalue weighted by Crippen LogP contribution is -2.58. The van der Waals surface area contributed by atoms with Gasteiger partial charge >= 0.3 is 0 Å². The van der Waals surface area contributed by atoms with E-state index in [2.05, 4.69) is 53.0 Å². The number of hydrogen-bond donors (Lipinski definition) is 1. The molecule has 1 N–H and O–H groups in total. The summed E-state index contributed by atoms with van der Waals surface area (Å²) in [6, 6.07) is 10.5. The molecule has 1 aromatic carbocycles. The lowest BCUT2D eigenvalue weighted by molar-refractivity contribution is 0.271. The van der Waals surface area contributed by atoms with Gasteiger partial charge in [-0.15, -0.1) is 0 Å². The van der Waals surface area contributed by atoms with Crippen LogP contribution in [0, 0.1) is 5.82 Å². The number of rotatable bonds is 7. The third kappa shape index (κ3) is 4.24. The minimum atomic E-state index is -1.59. The van der Waals surface area contributed by atoms with E-state index in [0.29, 0.717) is 0 Å². The predicted octanol–water partition coefficient (Wildman–Crippen LogP) is 6.60. The highest BCUT2D eigenvalue weighted by atomic mass is 28.3. The van der Waals surface area contributed by atoms with Crippen LogP contribution in [0.15, 0.2) is 24.3 Å². The second kappa shape index (κ2) is 9.12. The largest absolute Gasteiger partial charge is 0.392 e. The Morgan fingerprint density at radius 3 is 2.16 bits per heavy atom. The summed E-state index contributed by atoms with van der Waals surface area (Å²) >= 11 is 0. The first-order chi connectivity index (χ1) is 14.6. The quantitative estimate of drug-likeness (QED) is 0.491. The Hall–Kier alpha value is -1.56. The molecule has 3 rings (SSSR count). The third-order valence-electron chi connectivity index (χ3n) is 7.49. The van der Waals surface area contributed by atoms with Crippen molar-refractivity contribution in [2.24, 2.45) is 0 Å². The van der Waals surface area contributed by atoms with Gasteiger partial charge in [0.1, 0.15) is 14.1 Å². The van der Waals surface area contributed by atoms with E-state index < -0.39 is 8.24 Å². The number of aliphatic hydroxyl groups is 1. The number of pyridine rings is 1. The van der Waals surface area contributed by atoms with Crippen molar-refractivity contribution in [1.82, 2.24) is 9.55 Å². The van der Waals surface area contributed by atoms with E-state index in [4.69, 9.17) is 4.98 Å². The van der Waals surface area contributed by atoms with Crippen molar-refractivity contribution in [3.05, 3.63) is 52.6 Å². The maximum absolute atomic E-state index is 13.7. The maximum atomic E-state index is 13.7. The Labute approximate surface area is 188 Å². The molecule has 0 atom stereocenters. The van der Waals surface area contributed by atoms with Crippen molar-refractivity contribution in [2.45, 2.75) is 91.1 Å². The molecular formula is C26H39FN2OSi. The average Bonchev–Trinajstić information content (AvgIpc) is 2.74. The van der Waals surface area contributed by atoms with Gasteiger partial charge < -0.3 is 9.67 Å². The molecule has 170 valence electrons. The first kappa shape index (κ1) is 24.1. The number of halogens is 1. The van der Waals surface area contributed by atoms with Crippen LogP contribution in [0.4, 0.5) is 4.39 Å². The van der Waals surface area contributed by atoms with Gasteiger partial charge in [0.05, 0.1) is 12.3 Å². The number of hydrogen-bond acceptors (Lipinski definition) is 3. The predicted molar refractivity (Wildman–Crippen MR) is 130 cm³/mol. The van der Waals surface area contributed by atoms with Crippen LogP contribution in [0.5, 0.6) is 0 Å². The SMILES string of the molecule is CC[Si](CC)(CC)N1Cc2c(nc(C(C)C)c(CO)c2-c2ccc(F)cc2)C(C)(C)C1. The summed E-state index contributed by atoms with van der Waals surface area (Å²) in [7, 11) is -1.59. The van der Waals surface area contributed by atoms with Crippen molar-refractivity contribution >= 4 is 8.24 Å². The summed E-state index contributed by atoms with van der Waals surface area (Å²) < 4.78 is 16.5. The van der Waals surface area contributed by atoms with Crippen molar-refractivity contribution < 1.29 is 9.50 Å².